The van der Waals surface area contributed by atoms with Crippen LogP contribution in [-0.4, -0.2) is 50.7 Å². The van der Waals surface area contributed by atoms with Gasteiger partial charge in [0.25, 0.3) is 0 Å². The molecule has 2 amide bonds. The van der Waals surface area contributed by atoms with E-state index in [2.05, 4.69) is 19.6 Å². The summed E-state index contributed by atoms with van der Waals surface area (Å²) in [6.07, 6.45) is 6.67. The molecule has 0 radical (unpaired) electrons. The lowest BCUT2D eigenvalue weighted by Gasteiger charge is -2.28. The molecule has 1 rings (SSSR count). The first-order valence-electron chi connectivity index (χ1n) is 9.13. The lowest BCUT2D eigenvalue weighted by molar-refractivity contribution is -0.119. The van der Waals surface area contributed by atoms with Crippen molar-refractivity contribution in [1.29, 1.82) is 0 Å². The number of primary amides is 1. The van der Waals surface area contributed by atoms with Gasteiger partial charge in [-0.1, -0.05) is 51.7 Å². The normalized spacial score (nSPS) is 17.3. The third kappa shape index (κ3) is 9.27. The van der Waals surface area contributed by atoms with Crippen molar-refractivity contribution < 1.29 is 14.3 Å². The van der Waals surface area contributed by atoms with Crippen LogP contribution in [0.4, 0.5) is 4.79 Å². The number of ether oxygens (including phenoxy) is 1. The Bertz CT molecular complexity index is 406. The van der Waals surface area contributed by atoms with E-state index in [0.717, 1.165) is 12.5 Å². The summed E-state index contributed by atoms with van der Waals surface area (Å²) in [6.45, 7) is 7.25. The van der Waals surface area contributed by atoms with E-state index in [1.807, 2.05) is 0 Å². The minimum atomic E-state index is -1.26. The van der Waals surface area contributed by atoms with Crippen LogP contribution in [0.1, 0.15) is 38.5 Å². The van der Waals surface area contributed by atoms with E-state index < -0.39 is 20.1 Å². The van der Waals surface area contributed by atoms with Crippen molar-refractivity contribution in [1.82, 2.24) is 4.90 Å². The van der Waals surface area contributed by atoms with Gasteiger partial charge in [-0.15, -0.1) is 0 Å². The quantitative estimate of drug-likeness (QED) is 0.619. The first-order valence-corrected chi connectivity index (χ1v) is 12.8. The number of amides is 2. The maximum Gasteiger partial charge on any atom is 0.410 e. The molecule has 1 atom stereocenters. The number of rotatable bonds is 9. The van der Waals surface area contributed by atoms with Crippen LogP contribution in [0.5, 0.6) is 0 Å². The Labute approximate surface area is 147 Å². The highest BCUT2D eigenvalue weighted by molar-refractivity contribution is 6.76. The van der Waals surface area contributed by atoms with Crippen LogP contribution in [0.25, 0.3) is 0 Å². The van der Waals surface area contributed by atoms with Crippen molar-refractivity contribution in [3.05, 3.63) is 0 Å². The zero-order valence-corrected chi connectivity index (χ0v) is 16.6. The lowest BCUT2D eigenvalue weighted by Crippen LogP contribution is -2.46. The summed E-state index contributed by atoms with van der Waals surface area (Å²) < 4.78 is 5.33. The van der Waals surface area contributed by atoms with Gasteiger partial charge in [0.05, 0.1) is 6.61 Å². The Morgan fingerprint density at radius 3 is 2.38 bits per heavy atom. The van der Waals surface area contributed by atoms with Gasteiger partial charge in [-0.2, -0.15) is 0 Å². The molecule has 7 heteroatoms. The zero-order valence-electron chi connectivity index (χ0n) is 15.6. The lowest BCUT2D eigenvalue weighted by atomic mass is 9.85. The van der Waals surface area contributed by atoms with E-state index in [1.54, 1.807) is 0 Å². The molecule has 140 valence electrons. The maximum atomic E-state index is 12.2. The molecule has 0 aromatic carbocycles. The topological polar surface area (TPSA) is 98.6 Å². The fourth-order valence-electron chi connectivity index (χ4n) is 3.14. The first kappa shape index (κ1) is 21.0. The molecule has 0 aromatic rings. The molecule has 1 aliphatic carbocycles. The van der Waals surface area contributed by atoms with Gasteiger partial charge >= 0.3 is 6.09 Å². The average Bonchev–Trinajstić information content (AvgIpc) is 2.45. The van der Waals surface area contributed by atoms with Crippen LogP contribution < -0.4 is 11.5 Å². The fraction of sp³-hybridized carbons (Fsp3) is 0.882. The van der Waals surface area contributed by atoms with E-state index in [1.165, 1.54) is 37.0 Å². The standard InChI is InChI=1S/C17H35N3O3Si/c1-24(2,3)10-9-23-17(22)20(13-16(19)21)12-15(18)11-14-7-5-4-6-8-14/h14-15H,4-13,18H2,1-3H3,(H2,19,21)/t15-/m0/s1. The molecule has 24 heavy (non-hydrogen) atoms. The zero-order chi connectivity index (χ0) is 18.2. The highest BCUT2D eigenvalue weighted by Crippen LogP contribution is 2.27. The second-order valence-electron chi connectivity index (χ2n) is 8.27. The Morgan fingerprint density at radius 2 is 1.83 bits per heavy atom. The van der Waals surface area contributed by atoms with Crippen molar-refractivity contribution in [3.63, 3.8) is 0 Å². The summed E-state index contributed by atoms with van der Waals surface area (Å²) in [5.74, 6) is 0.0918. The van der Waals surface area contributed by atoms with Gasteiger partial charge in [0.2, 0.25) is 5.91 Å². The summed E-state index contributed by atoms with van der Waals surface area (Å²) in [5, 5.41) is 0. The number of carbonyl (C=O) groups is 2. The minimum Gasteiger partial charge on any atom is -0.450 e. The third-order valence-corrected chi connectivity index (χ3v) is 6.20. The SMILES string of the molecule is C[Si](C)(C)CCOC(=O)N(CC(N)=O)C[C@@H](N)CC1CCCCC1. The molecule has 0 aliphatic heterocycles. The summed E-state index contributed by atoms with van der Waals surface area (Å²) in [7, 11) is -1.26. The van der Waals surface area contributed by atoms with Crippen LogP contribution >= 0.6 is 0 Å². The van der Waals surface area contributed by atoms with Gasteiger partial charge in [0.1, 0.15) is 6.54 Å². The number of carbonyl (C=O) groups excluding carboxylic acids is 2. The van der Waals surface area contributed by atoms with Crippen molar-refractivity contribution >= 4 is 20.1 Å². The van der Waals surface area contributed by atoms with Crippen molar-refractivity contribution in [3.8, 4) is 0 Å². The van der Waals surface area contributed by atoms with Crippen LogP contribution in [0.2, 0.25) is 25.7 Å². The Kier molecular flexibility index (Phi) is 8.76. The van der Waals surface area contributed by atoms with Crippen molar-refractivity contribution in [2.75, 3.05) is 19.7 Å². The molecule has 4 N–H and O–H groups in total. The maximum absolute atomic E-state index is 12.2. The second-order valence-corrected chi connectivity index (χ2v) is 13.9. The van der Waals surface area contributed by atoms with E-state index in [9.17, 15) is 9.59 Å². The fourth-order valence-corrected chi connectivity index (χ4v) is 3.85. The van der Waals surface area contributed by atoms with Crippen LogP contribution in [0.3, 0.4) is 0 Å². The predicted octanol–water partition coefficient (Wildman–Crippen LogP) is 2.55. The number of nitrogens with two attached hydrogens (primary N) is 2. The van der Waals surface area contributed by atoms with Crippen molar-refractivity contribution in [2.24, 2.45) is 17.4 Å². The number of nitrogens with zero attached hydrogens (tertiary/aromatic N) is 1. The Morgan fingerprint density at radius 1 is 1.21 bits per heavy atom. The molecule has 1 fully saturated rings. The number of hydrogen-bond donors (Lipinski definition) is 2. The van der Waals surface area contributed by atoms with Gasteiger partial charge in [-0.3, -0.25) is 9.69 Å². The molecule has 0 aromatic heterocycles. The van der Waals surface area contributed by atoms with Gasteiger partial charge in [-0.05, 0) is 18.4 Å². The highest BCUT2D eigenvalue weighted by atomic mass is 28.3. The molecule has 0 saturated heterocycles. The largest absolute Gasteiger partial charge is 0.450 e. The summed E-state index contributed by atoms with van der Waals surface area (Å²) >= 11 is 0. The van der Waals surface area contributed by atoms with Crippen LogP contribution in [0, 0.1) is 5.92 Å². The van der Waals surface area contributed by atoms with Gasteiger partial charge < -0.3 is 16.2 Å². The molecule has 0 heterocycles. The van der Waals surface area contributed by atoms with Crippen molar-refractivity contribution in [2.45, 2.75) is 70.3 Å². The third-order valence-electron chi connectivity index (χ3n) is 4.50. The summed E-state index contributed by atoms with van der Waals surface area (Å²) in [5.41, 5.74) is 11.5. The Hall–Kier alpha value is -1.08. The summed E-state index contributed by atoms with van der Waals surface area (Å²) in [6, 6.07) is 0.758. The first-order chi connectivity index (χ1) is 11.2. The molecule has 1 aliphatic rings. The van der Waals surface area contributed by atoms with Gasteiger partial charge in [0, 0.05) is 20.7 Å². The molecule has 0 bridgehead atoms. The van der Waals surface area contributed by atoms with E-state index in [-0.39, 0.29) is 12.6 Å². The van der Waals surface area contributed by atoms with Gasteiger partial charge in [0.15, 0.2) is 0 Å². The molecular formula is C17H35N3O3Si. The molecule has 0 unspecified atom stereocenters. The number of hydrogen-bond acceptors (Lipinski definition) is 4. The summed E-state index contributed by atoms with van der Waals surface area (Å²) in [4.78, 5) is 24.9. The van der Waals surface area contributed by atoms with E-state index in [0.29, 0.717) is 19.1 Å². The Balaban J connectivity index is 2.47. The van der Waals surface area contributed by atoms with Gasteiger partial charge in [-0.25, -0.2) is 4.79 Å². The molecule has 6 nitrogen and oxygen atoms in total. The second kappa shape index (κ2) is 10.0. The van der Waals surface area contributed by atoms with Crippen LogP contribution in [-0.2, 0) is 9.53 Å². The highest BCUT2D eigenvalue weighted by Gasteiger charge is 2.23. The van der Waals surface area contributed by atoms with E-state index in [4.69, 9.17) is 16.2 Å². The molecular weight excluding hydrogens is 322 g/mol. The predicted molar refractivity (Wildman–Crippen MR) is 99.4 cm³/mol. The molecule has 0 spiro atoms. The average molecular weight is 358 g/mol. The minimum absolute atomic E-state index is 0.135. The smallest absolute Gasteiger partial charge is 0.410 e. The monoisotopic (exact) mass is 357 g/mol. The molecule has 1 saturated carbocycles. The van der Waals surface area contributed by atoms with E-state index >= 15 is 0 Å². The van der Waals surface area contributed by atoms with Crippen LogP contribution in [0.15, 0.2) is 0 Å².